The van der Waals surface area contributed by atoms with Crippen LogP contribution in [0.3, 0.4) is 0 Å². The van der Waals surface area contributed by atoms with Gasteiger partial charge in [0.05, 0.1) is 5.56 Å². The summed E-state index contributed by atoms with van der Waals surface area (Å²) in [6.07, 6.45) is 0. The van der Waals surface area contributed by atoms with Gasteiger partial charge in [0.2, 0.25) is 0 Å². The second-order valence-electron chi connectivity index (χ2n) is 4.84. The molecule has 0 bridgehead atoms. The van der Waals surface area contributed by atoms with Crippen LogP contribution in [0.1, 0.15) is 31.8 Å². The summed E-state index contributed by atoms with van der Waals surface area (Å²) in [7, 11) is -4.94. The molecule has 2 aromatic rings. The Balaban J connectivity index is 0.00000208. The number of rotatable bonds is 1. The third kappa shape index (κ3) is 2.60. The first-order valence-corrected chi connectivity index (χ1v) is 7.54. The summed E-state index contributed by atoms with van der Waals surface area (Å²) in [6, 6.07) is 3.68. The number of fused-ring (bicyclic) bond motifs is 2. The molecule has 0 atom stereocenters. The number of phenols is 2. The van der Waals surface area contributed by atoms with E-state index in [1.807, 2.05) is 0 Å². The summed E-state index contributed by atoms with van der Waals surface area (Å²) < 4.78 is 31.5. The van der Waals surface area contributed by atoms with Crippen LogP contribution >= 0.6 is 0 Å². The van der Waals surface area contributed by atoms with Crippen molar-refractivity contribution in [1.29, 1.82) is 0 Å². The number of hydrogen-bond donors (Lipinski definition) is 3. The molecule has 0 saturated heterocycles. The van der Waals surface area contributed by atoms with E-state index >= 15 is 0 Å². The van der Waals surface area contributed by atoms with Gasteiger partial charge in [0, 0.05) is 16.7 Å². The van der Waals surface area contributed by atoms with Crippen molar-refractivity contribution >= 4 is 21.7 Å². The van der Waals surface area contributed by atoms with Crippen molar-refractivity contribution < 1.29 is 67.4 Å². The molecule has 0 heterocycles. The number of carbonyl (C=O) groups is 2. The van der Waals surface area contributed by atoms with Gasteiger partial charge in [0.15, 0.2) is 23.1 Å². The molecule has 0 aromatic heterocycles. The Morgan fingerprint density at radius 3 is 2.08 bits per heavy atom. The maximum Gasteiger partial charge on any atom is 1.00 e. The van der Waals surface area contributed by atoms with Gasteiger partial charge >= 0.3 is 29.6 Å². The summed E-state index contributed by atoms with van der Waals surface area (Å²) in [5.41, 5.74) is -1.53. The van der Waals surface area contributed by atoms with Gasteiger partial charge < -0.3 is 15.3 Å². The van der Waals surface area contributed by atoms with E-state index in [1.165, 1.54) is 0 Å². The Morgan fingerprint density at radius 1 is 0.875 bits per heavy atom. The molecular formula is C14H7NaO8S. The van der Waals surface area contributed by atoms with Gasteiger partial charge in [-0.2, -0.15) is 8.42 Å². The van der Waals surface area contributed by atoms with Crippen LogP contribution in [0.2, 0.25) is 0 Å². The van der Waals surface area contributed by atoms with Crippen molar-refractivity contribution in [3.63, 3.8) is 0 Å². The van der Waals surface area contributed by atoms with Crippen molar-refractivity contribution in [3.8, 4) is 17.2 Å². The van der Waals surface area contributed by atoms with Crippen LogP contribution in [0.4, 0.5) is 0 Å². The molecule has 3 N–H and O–H groups in total. The van der Waals surface area contributed by atoms with Gasteiger partial charge in [-0.25, -0.2) is 0 Å². The Labute approximate surface area is 157 Å². The van der Waals surface area contributed by atoms with Gasteiger partial charge in [0.1, 0.15) is 4.90 Å². The van der Waals surface area contributed by atoms with E-state index in [9.17, 15) is 33.3 Å². The maximum atomic E-state index is 12.4. The predicted octanol–water partition coefficient (Wildman–Crippen LogP) is -2.80. The SMILES string of the molecule is O=C1c2ccc([O-])cc2C(=O)c2c1cc(S(=O)(=O)O)c(O)c2O.[Na+]. The number of phenolic OH excluding ortho intramolecular Hbond substituents is 2. The molecule has 10 heteroatoms. The van der Waals surface area contributed by atoms with Gasteiger partial charge in [-0.3, -0.25) is 14.1 Å². The van der Waals surface area contributed by atoms with Gasteiger partial charge in [0.25, 0.3) is 10.1 Å². The van der Waals surface area contributed by atoms with Crippen LogP contribution in [-0.4, -0.2) is 34.8 Å². The van der Waals surface area contributed by atoms with E-state index in [0.717, 1.165) is 18.2 Å². The molecule has 2 aromatic carbocycles. The quantitative estimate of drug-likeness (QED) is 0.240. The average molecular weight is 358 g/mol. The monoisotopic (exact) mass is 358 g/mol. The number of carbonyl (C=O) groups excluding carboxylic acids is 2. The van der Waals surface area contributed by atoms with Crippen LogP contribution in [0, 0.1) is 0 Å². The second kappa shape index (κ2) is 5.87. The van der Waals surface area contributed by atoms with Crippen molar-refractivity contribution in [2.24, 2.45) is 0 Å². The van der Waals surface area contributed by atoms with Crippen molar-refractivity contribution in [2.45, 2.75) is 4.90 Å². The molecule has 0 aliphatic heterocycles. The van der Waals surface area contributed by atoms with Crippen molar-refractivity contribution in [1.82, 2.24) is 0 Å². The first kappa shape index (κ1) is 18.4. The Kier molecular flexibility index (Phi) is 4.51. The molecule has 0 unspecified atom stereocenters. The smallest absolute Gasteiger partial charge is 0.872 e. The molecule has 0 radical (unpaired) electrons. The van der Waals surface area contributed by atoms with E-state index in [1.54, 1.807) is 0 Å². The minimum absolute atomic E-state index is 0. The third-order valence-electron chi connectivity index (χ3n) is 3.47. The first-order valence-electron chi connectivity index (χ1n) is 6.10. The van der Waals surface area contributed by atoms with E-state index < -0.39 is 55.0 Å². The summed E-state index contributed by atoms with van der Waals surface area (Å²) in [4.78, 5) is 23.7. The molecule has 0 amide bonds. The van der Waals surface area contributed by atoms with Crippen LogP contribution in [0.15, 0.2) is 29.2 Å². The van der Waals surface area contributed by atoms with Crippen LogP contribution < -0.4 is 34.7 Å². The van der Waals surface area contributed by atoms with E-state index in [2.05, 4.69) is 0 Å². The normalized spacial score (nSPS) is 13.0. The van der Waals surface area contributed by atoms with Crippen LogP contribution in [0.25, 0.3) is 0 Å². The minimum Gasteiger partial charge on any atom is -0.872 e. The molecule has 1 aliphatic carbocycles. The molecule has 3 rings (SSSR count). The Bertz CT molecular complexity index is 1010. The third-order valence-corrected chi connectivity index (χ3v) is 4.34. The van der Waals surface area contributed by atoms with Gasteiger partial charge in [-0.05, 0) is 6.07 Å². The standard InChI is InChI=1S/C14H8O8S.Na/c15-5-1-2-6-7(3-5)12(17)10-8(11(6)16)4-9(23(20,21)22)13(18)14(10)19;/h1-4,15,18-19H,(H,20,21,22);/q;+1/p-1. The summed E-state index contributed by atoms with van der Waals surface area (Å²) in [6.45, 7) is 0. The molecule has 0 spiro atoms. The van der Waals surface area contributed by atoms with Crippen molar-refractivity contribution in [3.05, 3.63) is 46.5 Å². The largest absolute Gasteiger partial charge is 1.00 e. The zero-order chi connectivity index (χ0) is 17.1. The number of ketones is 2. The fourth-order valence-electron chi connectivity index (χ4n) is 2.43. The molecule has 8 nitrogen and oxygen atoms in total. The van der Waals surface area contributed by atoms with E-state index in [4.69, 9.17) is 4.55 Å². The predicted molar refractivity (Wildman–Crippen MR) is 72.3 cm³/mol. The van der Waals surface area contributed by atoms with E-state index in [-0.39, 0.29) is 40.7 Å². The average Bonchev–Trinajstić information content (AvgIpc) is 2.46. The molecule has 1 aliphatic rings. The topological polar surface area (TPSA) is 152 Å². The Morgan fingerprint density at radius 2 is 1.50 bits per heavy atom. The zero-order valence-electron chi connectivity index (χ0n) is 12.1. The number of aromatic hydroxyl groups is 2. The molecule has 24 heavy (non-hydrogen) atoms. The number of benzene rings is 2. The molecule has 118 valence electrons. The van der Waals surface area contributed by atoms with E-state index in [0.29, 0.717) is 6.07 Å². The second-order valence-corrected chi connectivity index (χ2v) is 6.23. The molecule has 0 saturated carbocycles. The van der Waals surface area contributed by atoms with Gasteiger partial charge in [-0.1, -0.05) is 18.2 Å². The fraction of sp³-hybridized carbons (Fsp3) is 0. The molecule has 0 fully saturated rings. The summed E-state index contributed by atoms with van der Waals surface area (Å²) in [5.74, 6) is -4.69. The van der Waals surface area contributed by atoms with Crippen LogP contribution in [0.5, 0.6) is 17.2 Å². The maximum absolute atomic E-state index is 12.4. The zero-order valence-corrected chi connectivity index (χ0v) is 14.9. The fourth-order valence-corrected chi connectivity index (χ4v) is 3.04. The van der Waals surface area contributed by atoms with Crippen molar-refractivity contribution in [2.75, 3.05) is 0 Å². The minimum atomic E-state index is -4.94. The Hall–Kier alpha value is -1.91. The van der Waals surface area contributed by atoms with Gasteiger partial charge in [-0.15, -0.1) is 5.75 Å². The first-order chi connectivity index (χ1) is 10.6. The molecular weight excluding hydrogens is 351 g/mol. The summed E-state index contributed by atoms with van der Waals surface area (Å²) in [5, 5.41) is 30.9. The van der Waals surface area contributed by atoms with Crippen LogP contribution in [-0.2, 0) is 10.1 Å². The number of hydrogen-bond acceptors (Lipinski definition) is 7. The summed E-state index contributed by atoms with van der Waals surface area (Å²) >= 11 is 0.